The quantitative estimate of drug-likeness (QED) is 0.706. The van der Waals surface area contributed by atoms with Crippen LogP contribution in [0.1, 0.15) is 39.8 Å². The first kappa shape index (κ1) is 18.1. The molecule has 0 saturated carbocycles. The highest BCUT2D eigenvalue weighted by atomic mass is 16.5. The number of Topliss-reactive ketones (excluding diaryl/α,β-unsaturated/α-hetero) is 1. The highest BCUT2D eigenvalue weighted by Crippen LogP contribution is 2.31. The third-order valence-corrected chi connectivity index (χ3v) is 5.36. The topological polar surface area (TPSA) is 67.3 Å². The smallest absolute Gasteiger partial charge is 0.270 e. The maximum absolute atomic E-state index is 12.9. The molecule has 1 aliphatic rings. The van der Waals surface area contributed by atoms with E-state index < -0.39 is 0 Å². The number of ketones is 1. The van der Waals surface area contributed by atoms with Gasteiger partial charge in [0.2, 0.25) is 0 Å². The lowest BCUT2D eigenvalue weighted by atomic mass is 9.98. The molecule has 0 unspecified atom stereocenters. The van der Waals surface area contributed by atoms with E-state index in [4.69, 9.17) is 4.74 Å². The fourth-order valence-corrected chi connectivity index (χ4v) is 3.72. The van der Waals surface area contributed by atoms with Crippen LogP contribution in [-0.2, 0) is 7.05 Å². The van der Waals surface area contributed by atoms with Gasteiger partial charge in [-0.05, 0) is 43.2 Å². The standard InChI is InChI=1S/C22H23N3O3/c1-14(26)16-10-21(24(2)13-16)22(27)25-8-6-15(7-9-25)19-12-23-20-5-4-17(28-3)11-18(19)20/h4-6,10-13,23H,7-9H2,1-3H3. The molecule has 3 aromatic rings. The molecule has 28 heavy (non-hydrogen) atoms. The van der Waals surface area contributed by atoms with Gasteiger partial charge in [-0.2, -0.15) is 0 Å². The second-order valence-electron chi connectivity index (χ2n) is 7.13. The van der Waals surface area contributed by atoms with Gasteiger partial charge >= 0.3 is 0 Å². The molecule has 3 heterocycles. The van der Waals surface area contributed by atoms with Gasteiger partial charge in [-0.3, -0.25) is 9.59 Å². The van der Waals surface area contributed by atoms with Crippen molar-refractivity contribution < 1.29 is 14.3 Å². The number of hydrogen-bond acceptors (Lipinski definition) is 3. The molecule has 0 radical (unpaired) electrons. The largest absolute Gasteiger partial charge is 0.497 e. The van der Waals surface area contributed by atoms with Crippen molar-refractivity contribution in [2.45, 2.75) is 13.3 Å². The second kappa shape index (κ2) is 7.03. The number of aromatic nitrogens is 2. The fraction of sp³-hybridized carbons (Fsp3) is 0.273. The lowest BCUT2D eigenvalue weighted by molar-refractivity contribution is 0.0763. The van der Waals surface area contributed by atoms with Gasteiger partial charge in [0, 0.05) is 54.6 Å². The lowest BCUT2D eigenvalue weighted by Crippen LogP contribution is -2.35. The monoisotopic (exact) mass is 377 g/mol. The van der Waals surface area contributed by atoms with Gasteiger partial charge in [0.1, 0.15) is 11.4 Å². The molecule has 0 spiro atoms. The molecule has 1 amide bonds. The van der Waals surface area contributed by atoms with E-state index in [1.54, 1.807) is 31.0 Å². The number of H-pyrrole nitrogens is 1. The van der Waals surface area contributed by atoms with E-state index >= 15 is 0 Å². The molecular formula is C22H23N3O3. The Morgan fingerprint density at radius 3 is 2.68 bits per heavy atom. The average Bonchev–Trinajstić information content (AvgIpc) is 3.30. The number of benzene rings is 1. The summed E-state index contributed by atoms with van der Waals surface area (Å²) in [6, 6.07) is 7.66. The molecule has 0 atom stereocenters. The third-order valence-electron chi connectivity index (χ3n) is 5.36. The molecule has 0 bridgehead atoms. The van der Waals surface area contributed by atoms with Crippen molar-refractivity contribution in [3.63, 3.8) is 0 Å². The van der Waals surface area contributed by atoms with E-state index in [1.165, 1.54) is 12.5 Å². The Morgan fingerprint density at radius 2 is 2.04 bits per heavy atom. The van der Waals surface area contributed by atoms with Crippen molar-refractivity contribution >= 4 is 28.2 Å². The Hall–Kier alpha value is -3.28. The van der Waals surface area contributed by atoms with Crippen LogP contribution in [0.15, 0.2) is 42.7 Å². The number of carbonyl (C=O) groups is 2. The van der Waals surface area contributed by atoms with Crippen molar-refractivity contribution in [1.29, 1.82) is 0 Å². The summed E-state index contributed by atoms with van der Waals surface area (Å²) in [7, 11) is 3.46. The van der Waals surface area contributed by atoms with Crippen molar-refractivity contribution in [3.8, 4) is 5.75 Å². The van der Waals surface area contributed by atoms with Gasteiger partial charge in [-0.25, -0.2) is 0 Å². The highest BCUT2D eigenvalue weighted by molar-refractivity contribution is 6.00. The van der Waals surface area contributed by atoms with Crippen LogP contribution in [0, 0.1) is 0 Å². The van der Waals surface area contributed by atoms with Crippen LogP contribution in [0.25, 0.3) is 16.5 Å². The summed E-state index contributed by atoms with van der Waals surface area (Å²) >= 11 is 0. The fourth-order valence-electron chi connectivity index (χ4n) is 3.72. The predicted molar refractivity (Wildman–Crippen MR) is 109 cm³/mol. The van der Waals surface area contributed by atoms with E-state index in [-0.39, 0.29) is 11.7 Å². The summed E-state index contributed by atoms with van der Waals surface area (Å²) in [5.74, 6) is 0.739. The summed E-state index contributed by atoms with van der Waals surface area (Å²) in [4.78, 5) is 29.6. The molecule has 4 rings (SSSR count). The van der Waals surface area contributed by atoms with Crippen LogP contribution in [0.5, 0.6) is 5.75 Å². The molecule has 1 N–H and O–H groups in total. The number of nitrogens with one attached hydrogen (secondary N) is 1. The number of hydrogen-bond donors (Lipinski definition) is 1. The summed E-state index contributed by atoms with van der Waals surface area (Å²) in [6.45, 7) is 2.70. The first-order valence-corrected chi connectivity index (χ1v) is 9.29. The van der Waals surface area contributed by atoms with E-state index in [9.17, 15) is 9.59 Å². The van der Waals surface area contributed by atoms with Gasteiger partial charge in [-0.15, -0.1) is 0 Å². The van der Waals surface area contributed by atoms with Gasteiger partial charge in [-0.1, -0.05) is 6.08 Å². The predicted octanol–water partition coefficient (Wildman–Crippen LogP) is 3.65. The minimum Gasteiger partial charge on any atom is -0.497 e. The summed E-state index contributed by atoms with van der Waals surface area (Å²) in [5.41, 5.74) is 4.54. The zero-order chi connectivity index (χ0) is 19.8. The molecule has 6 nitrogen and oxygen atoms in total. The number of carbonyl (C=O) groups excluding carboxylic acids is 2. The van der Waals surface area contributed by atoms with E-state index in [2.05, 4.69) is 11.1 Å². The number of amides is 1. The molecule has 1 aliphatic heterocycles. The minimum atomic E-state index is -0.0501. The van der Waals surface area contributed by atoms with Crippen LogP contribution >= 0.6 is 0 Å². The lowest BCUT2D eigenvalue weighted by Gasteiger charge is -2.26. The Morgan fingerprint density at radius 1 is 1.21 bits per heavy atom. The maximum Gasteiger partial charge on any atom is 0.270 e. The molecule has 6 heteroatoms. The SMILES string of the molecule is COc1ccc2[nH]cc(C3=CCN(C(=O)c4cc(C(C)=O)cn4C)CC3)c2c1. The van der Waals surface area contributed by atoms with Gasteiger partial charge in [0.05, 0.1) is 7.11 Å². The van der Waals surface area contributed by atoms with Crippen LogP contribution in [-0.4, -0.2) is 46.3 Å². The number of nitrogens with zero attached hydrogens (tertiary/aromatic N) is 2. The Balaban J connectivity index is 1.57. The summed E-state index contributed by atoms with van der Waals surface area (Å²) in [6.07, 6.45) is 6.61. The Kier molecular flexibility index (Phi) is 4.55. The molecule has 0 aliphatic carbocycles. The average molecular weight is 377 g/mol. The first-order valence-electron chi connectivity index (χ1n) is 9.29. The number of fused-ring (bicyclic) bond motifs is 1. The Bertz CT molecular complexity index is 1100. The van der Waals surface area contributed by atoms with Crippen molar-refractivity contribution in [1.82, 2.24) is 14.5 Å². The molecular weight excluding hydrogens is 354 g/mol. The van der Waals surface area contributed by atoms with E-state index in [1.807, 2.05) is 29.3 Å². The highest BCUT2D eigenvalue weighted by Gasteiger charge is 2.23. The molecule has 144 valence electrons. The number of methoxy groups -OCH3 is 1. The Labute approximate surface area is 163 Å². The zero-order valence-corrected chi connectivity index (χ0v) is 16.3. The van der Waals surface area contributed by atoms with Crippen LogP contribution in [0.4, 0.5) is 0 Å². The van der Waals surface area contributed by atoms with E-state index in [0.717, 1.165) is 28.6 Å². The number of aryl methyl sites for hydroxylation is 1. The summed E-state index contributed by atoms with van der Waals surface area (Å²) < 4.78 is 7.08. The zero-order valence-electron chi connectivity index (χ0n) is 16.3. The number of rotatable bonds is 4. The second-order valence-corrected chi connectivity index (χ2v) is 7.13. The minimum absolute atomic E-state index is 0.0368. The van der Waals surface area contributed by atoms with Crippen molar-refractivity contribution in [2.24, 2.45) is 7.05 Å². The van der Waals surface area contributed by atoms with Crippen LogP contribution in [0.3, 0.4) is 0 Å². The molecule has 0 fully saturated rings. The molecule has 2 aromatic heterocycles. The molecule has 1 aromatic carbocycles. The number of aromatic amines is 1. The van der Waals surface area contributed by atoms with Crippen molar-refractivity contribution in [3.05, 3.63) is 59.6 Å². The van der Waals surface area contributed by atoms with Crippen LogP contribution in [0.2, 0.25) is 0 Å². The van der Waals surface area contributed by atoms with Gasteiger partial charge in [0.15, 0.2) is 5.78 Å². The van der Waals surface area contributed by atoms with Gasteiger partial charge < -0.3 is 19.2 Å². The van der Waals surface area contributed by atoms with Gasteiger partial charge in [0.25, 0.3) is 5.91 Å². The normalized spacial score (nSPS) is 14.2. The van der Waals surface area contributed by atoms with Crippen molar-refractivity contribution in [2.75, 3.05) is 20.2 Å². The van der Waals surface area contributed by atoms with Crippen LogP contribution < -0.4 is 4.74 Å². The maximum atomic E-state index is 12.9. The third kappa shape index (κ3) is 3.11. The number of ether oxygens (including phenoxy) is 1. The van der Waals surface area contributed by atoms with E-state index in [0.29, 0.717) is 24.3 Å². The first-order chi connectivity index (χ1) is 13.5. The summed E-state index contributed by atoms with van der Waals surface area (Å²) in [5, 5.41) is 1.12. The molecule has 0 saturated heterocycles.